The van der Waals surface area contributed by atoms with Gasteiger partial charge in [-0.1, -0.05) is 12.1 Å². The first-order valence-corrected chi connectivity index (χ1v) is 13.8. The van der Waals surface area contributed by atoms with E-state index in [9.17, 15) is 33.0 Å². The van der Waals surface area contributed by atoms with Crippen LogP contribution in [-0.2, 0) is 41.1 Å². The molecule has 3 aliphatic rings. The minimum atomic E-state index is -4.81. The average Bonchev–Trinajstić information content (AvgIpc) is 3.58. The predicted octanol–water partition coefficient (Wildman–Crippen LogP) is 3.12. The van der Waals surface area contributed by atoms with Crippen LogP contribution in [0.15, 0.2) is 23.1 Å². The number of aliphatic hydroxyl groups excluding tert-OH is 1. The molecule has 0 bridgehead atoms. The summed E-state index contributed by atoms with van der Waals surface area (Å²) in [5.41, 5.74) is 1.33. The number of aliphatic hydroxyl groups is 2. The molecule has 0 spiro atoms. The van der Waals surface area contributed by atoms with Gasteiger partial charge in [-0.15, -0.1) is 5.10 Å². The number of ether oxygens (including phenoxy) is 1. The van der Waals surface area contributed by atoms with Gasteiger partial charge in [0.25, 0.3) is 5.56 Å². The standard InChI is InChI=1S/C29H25F4N5O5/c1-3-28(42)17-7-21-25-15(10-37(21)26(40)16(17)11-43-27(28)41)24-20(38-9-13(35-36-38)6-22(39)29(31,32)33)5-4-14-12(2)18(30)8-19(34-25)23(14)24/h7-9,20,22,39,42H,3-6,10-11H2,1-2H3/t20-,22?,28-/m0/s1. The SMILES string of the molecule is CC[C@@]1(O)C(=O)OCc2c1cc1n(c2=O)Cc2c-1nc1cc(F)c(C)c3c1c2[C@@H](n1cc(CC(O)C(F)(F)F)nn1)CC3. The number of cyclic esters (lactones) is 1. The van der Waals surface area contributed by atoms with Gasteiger partial charge in [0.2, 0.25) is 0 Å². The maximum absolute atomic E-state index is 15.1. The van der Waals surface area contributed by atoms with Crippen LogP contribution >= 0.6 is 0 Å². The maximum Gasteiger partial charge on any atom is 0.414 e. The summed E-state index contributed by atoms with van der Waals surface area (Å²) in [4.78, 5) is 31.1. The van der Waals surface area contributed by atoms with Crippen LogP contribution in [-0.4, -0.2) is 53.0 Å². The van der Waals surface area contributed by atoms with E-state index in [0.29, 0.717) is 51.8 Å². The fourth-order valence-electron chi connectivity index (χ4n) is 6.67. The zero-order chi connectivity index (χ0) is 30.6. The molecule has 0 amide bonds. The second-order valence-electron chi connectivity index (χ2n) is 11.3. The van der Waals surface area contributed by atoms with Gasteiger partial charge in [0.1, 0.15) is 12.4 Å². The summed E-state index contributed by atoms with van der Waals surface area (Å²) in [5, 5.41) is 29.4. The van der Waals surface area contributed by atoms with Gasteiger partial charge >= 0.3 is 12.1 Å². The number of hydrogen-bond acceptors (Lipinski definition) is 8. The lowest BCUT2D eigenvalue weighted by Crippen LogP contribution is -2.44. The molecule has 3 atom stereocenters. The van der Waals surface area contributed by atoms with Crippen LogP contribution in [0.25, 0.3) is 22.3 Å². The fourth-order valence-corrected chi connectivity index (χ4v) is 6.67. The minimum absolute atomic E-state index is 0.0292. The summed E-state index contributed by atoms with van der Waals surface area (Å²) in [6, 6.07) is 2.33. The van der Waals surface area contributed by atoms with Crippen molar-refractivity contribution in [2.45, 2.75) is 76.6 Å². The summed E-state index contributed by atoms with van der Waals surface area (Å²) >= 11 is 0. The lowest BCUT2D eigenvalue weighted by molar-refractivity contribution is -0.203. The largest absolute Gasteiger partial charge is 0.458 e. The molecule has 43 heavy (non-hydrogen) atoms. The van der Waals surface area contributed by atoms with Crippen molar-refractivity contribution in [1.29, 1.82) is 0 Å². The van der Waals surface area contributed by atoms with Crippen LogP contribution in [0.4, 0.5) is 17.6 Å². The van der Waals surface area contributed by atoms with Crippen molar-refractivity contribution in [3.8, 4) is 11.4 Å². The van der Waals surface area contributed by atoms with Crippen molar-refractivity contribution in [2.24, 2.45) is 0 Å². The number of carbonyl (C=O) groups excluding carboxylic acids is 1. The summed E-state index contributed by atoms with van der Waals surface area (Å²) in [7, 11) is 0. The Morgan fingerprint density at radius 1 is 1.21 bits per heavy atom. The molecule has 10 nitrogen and oxygen atoms in total. The molecule has 7 rings (SSSR count). The Morgan fingerprint density at radius 3 is 2.70 bits per heavy atom. The number of fused-ring (bicyclic) bond motifs is 5. The first-order valence-electron chi connectivity index (χ1n) is 13.8. The molecule has 0 saturated carbocycles. The van der Waals surface area contributed by atoms with Gasteiger partial charge in [0.15, 0.2) is 11.7 Å². The number of carbonyl (C=O) groups is 1. The molecular formula is C29H25F4N5O5. The highest BCUT2D eigenvalue weighted by Gasteiger charge is 2.46. The summed E-state index contributed by atoms with van der Waals surface area (Å²) in [6.07, 6.45) is -6.01. The number of hydrogen-bond donors (Lipinski definition) is 2. The van der Waals surface area contributed by atoms with Crippen LogP contribution in [0.5, 0.6) is 0 Å². The van der Waals surface area contributed by atoms with Crippen molar-refractivity contribution in [3.05, 3.63) is 73.6 Å². The number of esters is 1. The lowest BCUT2D eigenvalue weighted by atomic mass is 9.81. The fraction of sp³-hybridized carbons (Fsp3) is 0.414. The van der Waals surface area contributed by atoms with Gasteiger partial charge in [0, 0.05) is 35.2 Å². The molecule has 1 unspecified atom stereocenters. The predicted molar refractivity (Wildman–Crippen MR) is 141 cm³/mol. The third kappa shape index (κ3) is 3.88. The normalized spacial score (nSPS) is 21.4. The van der Waals surface area contributed by atoms with Gasteiger partial charge in [-0.05, 0) is 48.9 Å². The Labute approximate surface area is 240 Å². The Morgan fingerprint density at radius 2 is 1.98 bits per heavy atom. The Kier molecular flexibility index (Phi) is 5.89. The van der Waals surface area contributed by atoms with E-state index in [-0.39, 0.29) is 36.4 Å². The third-order valence-corrected chi connectivity index (χ3v) is 9.00. The van der Waals surface area contributed by atoms with E-state index < -0.39 is 47.7 Å². The number of pyridine rings is 2. The third-order valence-electron chi connectivity index (χ3n) is 9.00. The van der Waals surface area contributed by atoms with E-state index in [1.54, 1.807) is 19.9 Å². The van der Waals surface area contributed by atoms with E-state index >= 15 is 4.39 Å². The van der Waals surface area contributed by atoms with Crippen molar-refractivity contribution in [2.75, 3.05) is 0 Å². The zero-order valence-electron chi connectivity index (χ0n) is 23.0. The van der Waals surface area contributed by atoms with Crippen LogP contribution in [0.3, 0.4) is 0 Å². The zero-order valence-corrected chi connectivity index (χ0v) is 23.0. The van der Waals surface area contributed by atoms with Crippen molar-refractivity contribution < 1.29 is 37.3 Å². The monoisotopic (exact) mass is 599 g/mol. The molecule has 3 aromatic heterocycles. The van der Waals surface area contributed by atoms with Gasteiger partial charge in [-0.3, -0.25) is 4.79 Å². The molecule has 14 heteroatoms. The van der Waals surface area contributed by atoms with E-state index in [2.05, 4.69) is 10.3 Å². The molecule has 0 fully saturated rings. The topological polar surface area (TPSA) is 132 Å². The quantitative estimate of drug-likeness (QED) is 0.238. The van der Waals surface area contributed by atoms with E-state index in [4.69, 9.17) is 9.72 Å². The van der Waals surface area contributed by atoms with Crippen molar-refractivity contribution >= 4 is 16.9 Å². The highest BCUT2D eigenvalue weighted by atomic mass is 19.4. The number of nitrogens with zero attached hydrogens (tertiary/aromatic N) is 5. The molecular weight excluding hydrogens is 574 g/mol. The van der Waals surface area contributed by atoms with Gasteiger partial charge in [0.05, 0.1) is 40.7 Å². The molecule has 2 aliphatic heterocycles. The van der Waals surface area contributed by atoms with Crippen LogP contribution < -0.4 is 5.56 Å². The summed E-state index contributed by atoms with van der Waals surface area (Å²) in [6.45, 7) is 3.05. The Balaban J connectivity index is 1.44. The number of aromatic nitrogens is 5. The van der Waals surface area contributed by atoms with E-state index in [0.717, 1.165) is 5.56 Å². The smallest absolute Gasteiger partial charge is 0.414 e. The number of halogens is 4. The van der Waals surface area contributed by atoms with Crippen molar-refractivity contribution in [3.63, 3.8) is 0 Å². The van der Waals surface area contributed by atoms with Gasteiger partial charge in [-0.25, -0.2) is 18.9 Å². The van der Waals surface area contributed by atoms with Gasteiger partial charge in [-0.2, -0.15) is 13.2 Å². The summed E-state index contributed by atoms with van der Waals surface area (Å²) in [5.74, 6) is -1.31. The van der Waals surface area contributed by atoms with Crippen LogP contribution in [0.1, 0.15) is 64.9 Å². The van der Waals surface area contributed by atoms with Crippen molar-refractivity contribution in [1.82, 2.24) is 24.5 Å². The lowest BCUT2D eigenvalue weighted by Gasteiger charge is -2.31. The molecule has 1 aliphatic carbocycles. The first kappa shape index (κ1) is 27.7. The molecule has 1 aromatic carbocycles. The summed E-state index contributed by atoms with van der Waals surface area (Å²) < 4.78 is 62.1. The Bertz CT molecular complexity index is 1930. The second-order valence-corrected chi connectivity index (χ2v) is 11.3. The number of alkyl halides is 3. The van der Waals surface area contributed by atoms with E-state index in [1.165, 1.54) is 21.5 Å². The molecule has 2 N–H and O–H groups in total. The maximum atomic E-state index is 15.1. The molecule has 0 saturated heterocycles. The Hall–Kier alpha value is -4.17. The average molecular weight is 600 g/mol. The molecule has 224 valence electrons. The minimum Gasteiger partial charge on any atom is -0.458 e. The molecule has 5 heterocycles. The highest BCUT2D eigenvalue weighted by molar-refractivity contribution is 5.93. The highest BCUT2D eigenvalue weighted by Crippen LogP contribution is 2.46. The second kappa shape index (κ2) is 9.16. The number of rotatable bonds is 4. The van der Waals surface area contributed by atoms with E-state index in [1.807, 2.05) is 0 Å². The van der Waals surface area contributed by atoms with Crippen LogP contribution in [0, 0.1) is 12.7 Å². The molecule has 4 aromatic rings. The number of aryl methyl sites for hydroxylation is 1. The first-order chi connectivity index (χ1) is 20.3. The van der Waals surface area contributed by atoms with Gasteiger partial charge < -0.3 is 19.5 Å². The molecule has 0 radical (unpaired) electrons. The van der Waals surface area contributed by atoms with Crippen LogP contribution in [0.2, 0.25) is 0 Å². The number of benzene rings is 1.